The van der Waals surface area contributed by atoms with Crippen molar-refractivity contribution in [3.05, 3.63) is 29.2 Å². The summed E-state index contributed by atoms with van der Waals surface area (Å²) < 4.78 is 1.67. The van der Waals surface area contributed by atoms with Crippen LogP contribution in [0.1, 0.15) is 37.7 Å². The third-order valence-corrected chi connectivity index (χ3v) is 5.59. The maximum atomic E-state index is 12.4. The number of hydrogen-bond acceptors (Lipinski definition) is 3. The van der Waals surface area contributed by atoms with E-state index in [9.17, 15) is 4.79 Å². The lowest BCUT2D eigenvalue weighted by Gasteiger charge is -2.44. The number of rotatable bonds is 4. The van der Waals surface area contributed by atoms with E-state index in [-0.39, 0.29) is 6.03 Å². The molecule has 4 rings (SSSR count). The number of aromatic nitrogens is 3. The number of likely N-dealkylation sites (tertiary alicyclic amines) is 1. The van der Waals surface area contributed by atoms with Crippen LogP contribution in [0.4, 0.5) is 4.79 Å². The minimum atomic E-state index is 0.0781. The summed E-state index contributed by atoms with van der Waals surface area (Å²) in [4.78, 5) is 18.7. The number of nitrogens with one attached hydrogen (secondary N) is 1. The quantitative estimate of drug-likeness (QED) is 0.925. The van der Waals surface area contributed by atoms with Crippen LogP contribution in [0.25, 0.3) is 5.65 Å². The second-order valence-corrected chi connectivity index (χ2v) is 7.21. The summed E-state index contributed by atoms with van der Waals surface area (Å²) in [5.74, 6) is 0.723. The van der Waals surface area contributed by atoms with Crippen molar-refractivity contribution in [1.29, 1.82) is 0 Å². The predicted molar refractivity (Wildman–Crippen MR) is 92.2 cm³/mol. The molecule has 2 aromatic rings. The van der Waals surface area contributed by atoms with Crippen LogP contribution in [-0.2, 0) is 6.42 Å². The molecule has 1 aliphatic heterocycles. The van der Waals surface area contributed by atoms with Crippen LogP contribution in [0, 0.1) is 5.92 Å². The Hall–Kier alpha value is -1.82. The van der Waals surface area contributed by atoms with Crippen LogP contribution >= 0.6 is 11.6 Å². The topological polar surface area (TPSA) is 62.5 Å². The fourth-order valence-corrected chi connectivity index (χ4v) is 4.10. The number of fused-ring (bicyclic) bond motifs is 1. The Labute approximate surface area is 146 Å². The molecule has 0 spiro atoms. The lowest BCUT2D eigenvalue weighted by Crippen LogP contribution is -2.57. The van der Waals surface area contributed by atoms with Crippen LogP contribution in [0.3, 0.4) is 0 Å². The number of carbonyl (C=O) groups excluding carboxylic acids is 1. The molecule has 1 saturated carbocycles. The Kier molecular flexibility index (Phi) is 4.31. The first-order valence-electron chi connectivity index (χ1n) is 8.74. The summed E-state index contributed by atoms with van der Waals surface area (Å²) in [5, 5.41) is 7.74. The van der Waals surface area contributed by atoms with Crippen LogP contribution in [-0.4, -0.2) is 44.7 Å². The number of carbonyl (C=O) groups is 1. The molecule has 1 aliphatic carbocycles. The molecule has 2 fully saturated rings. The minimum Gasteiger partial charge on any atom is -0.338 e. The second-order valence-electron chi connectivity index (χ2n) is 6.80. The van der Waals surface area contributed by atoms with Gasteiger partial charge in [0.2, 0.25) is 0 Å². The average molecular weight is 348 g/mol. The molecule has 2 aliphatic rings. The molecule has 1 atom stereocenters. The molecule has 6 nitrogen and oxygen atoms in total. The van der Waals surface area contributed by atoms with E-state index in [0.717, 1.165) is 24.4 Å². The monoisotopic (exact) mass is 347 g/mol. The van der Waals surface area contributed by atoms with Gasteiger partial charge in [-0.05, 0) is 37.2 Å². The molecule has 7 heteroatoms. The van der Waals surface area contributed by atoms with Crippen LogP contribution in [0.15, 0.2) is 18.6 Å². The zero-order valence-electron chi connectivity index (χ0n) is 13.6. The van der Waals surface area contributed by atoms with Crippen molar-refractivity contribution < 1.29 is 4.79 Å². The maximum absolute atomic E-state index is 12.4. The Morgan fingerprint density at radius 3 is 2.88 bits per heavy atom. The molecule has 2 aromatic heterocycles. The van der Waals surface area contributed by atoms with E-state index in [0.29, 0.717) is 23.3 Å². The van der Waals surface area contributed by atoms with Crippen molar-refractivity contribution in [2.24, 2.45) is 5.92 Å². The Balaban J connectivity index is 1.29. The van der Waals surface area contributed by atoms with Crippen molar-refractivity contribution >= 4 is 23.3 Å². The van der Waals surface area contributed by atoms with E-state index in [4.69, 9.17) is 11.6 Å². The first kappa shape index (κ1) is 15.7. The normalized spacial score (nSPS) is 21.2. The third kappa shape index (κ3) is 2.95. The van der Waals surface area contributed by atoms with Gasteiger partial charge in [0.05, 0.1) is 6.20 Å². The molecule has 1 N–H and O–H groups in total. The second kappa shape index (κ2) is 6.59. The fourth-order valence-electron chi connectivity index (χ4n) is 3.92. The summed E-state index contributed by atoms with van der Waals surface area (Å²) in [6.45, 7) is 1.50. The number of amides is 2. The van der Waals surface area contributed by atoms with E-state index in [1.54, 1.807) is 16.9 Å². The van der Waals surface area contributed by atoms with Crippen LogP contribution in [0.2, 0.25) is 5.02 Å². The van der Waals surface area contributed by atoms with Gasteiger partial charge < -0.3 is 10.2 Å². The molecular formula is C17H22ClN5O. The van der Waals surface area contributed by atoms with Gasteiger partial charge in [-0.1, -0.05) is 24.4 Å². The molecular weight excluding hydrogens is 326 g/mol. The van der Waals surface area contributed by atoms with Gasteiger partial charge in [0.1, 0.15) is 5.02 Å². The van der Waals surface area contributed by atoms with E-state index in [1.165, 1.54) is 32.1 Å². The van der Waals surface area contributed by atoms with Gasteiger partial charge in [0.15, 0.2) is 5.65 Å². The smallest absolute Gasteiger partial charge is 0.317 e. The summed E-state index contributed by atoms with van der Waals surface area (Å²) in [6.07, 6.45) is 12.4. The summed E-state index contributed by atoms with van der Waals surface area (Å²) in [5.41, 5.74) is 1.68. The minimum absolute atomic E-state index is 0.0781. The van der Waals surface area contributed by atoms with E-state index in [1.807, 2.05) is 11.1 Å². The SMILES string of the molecule is O=C(NCCc1cnc2c(Cl)cnn2c1)N1CCC1C1CCCC1. The molecule has 1 unspecified atom stereocenters. The molecule has 2 amide bonds. The molecule has 0 aromatic carbocycles. The van der Waals surface area contributed by atoms with Gasteiger partial charge in [-0.3, -0.25) is 0 Å². The molecule has 3 heterocycles. The first-order valence-corrected chi connectivity index (χ1v) is 9.12. The summed E-state index contributed by atoms with van der Waals surface area (Å²) in [7, 11) is 0. The van der Waals surface area contributed by atoms with Gasteiger partial charge in [-0.25, -0.2) is 14.3 Å². The summed E-state index contributed by atoms with van der Waals surface area (Å²) >= 11 is 5.99. The van der Waals surface area contributed by atoms with E-state index < -0.39 is 0 Å². The highest BCUT2D eigenvalue weighted by atomic mass is 35.5. The van der Waals surface area contributed by atoms with Crippen molar-refractivity contribution in [3.8, 4) is 0 Å². The van der Waals surface area contributed by atoms with Gasteiger partial charge in [0, 0.05) is 31.5 Å². The van der Waals surface area contributed by atoms with Gasteiger partial charge in [0.25, 0.3) is 0 Å². The standard InChI is InChI=1S/C17H22ClN5O/c18-14-10-21-23-11-12(9-20-16(14)23)5-7-19-17(24)22-8-6-15(22)13-3-1-2-4-13/h9-11,13,15H,1-8H2,(H,19,24). The molecule has 128 valence electrons. The van der Waals surface area contributed by atoms with Gasteiger partial charge in [-0.15, -0.1) is 0 Å². The Bertz CT molecular complexity index is 740. The number of hydrogen-bond donors (Lipinski definition) is 1. The maximum Gasteiger partial charge on any atom is 0.317 e. The number of urea groups is 1. The number of nitrogens with zero attached hydrogens (tertiary/aromatic N) is 4. The van der Waals surface area contributed by atoms with Gasteiger partial charge in [-0.2, -0.15) is 5.10 Å². The number of halogens is 1. The molecule has 1 saturated heterocycles. The van der Waals surface area contributed by atoms with Crippen molar-refractivity contribution in [2.45, 2.75) is 44.6 Å². The highest BCUT2D eigenvalue weighted by Gasteiger charge is 2.38. The molecule has 24 heavy (non-hydrogen) atoms. The lowest BCUT2D eigenvalue weighted by molar-refractivity contribution is 0.0774. The zero-order valence-corrected chi connectivity index (χ0v) is 14.4. The fraction of sp³-hybridized carbons (Fsp3) is 0.588. The third-order valence-electron chi connectivity index (χ3n) is 5.33. The highest BCUT2D eigenvalue weighted by Crippen LogP contribution is 2.36. The Morgan fingerprint density at radius 1 is 1.29 bits per heavy atom. The molecule has 0 bridgehead atoms. The van der Waals surface area contributed by atoms with Crippen molar-refractivity contribution in [2.75, 3.05) is 13.1 Å². The van der Waals surface area contributed by atoms with Crippen molar-refractivity contribution in [1.82, 2.24) is 24.8 Å². The predicted octanol–water partition coefficient (Wildman–Crippen LogP) is 2.90. The van der Waals surface area contributed by atoms with Gasteiger partial charge >= 0.3 is 6.03 Å². The first-order chi connectivity index (χ1) is 11.7. The van der Waals surface area contributed by atoms with Crippen LogP contribution < -0.4 is 5.32 Å². The van der Waals surface area contributed by atoms with E-state index >= 15 is 0 Å². The largest absolute Gasteiger partial charge is 0.338 e. The Morgan fingerprint density at radius 2 is 2.12 bits per heavy atom. The zero-order chi connectivity index (χ0) is 16.5. The highest BCUT2D eigenvalue weighted by molar-refractivity contribution is 6.33. The average Bonchev–Trinajstić information content (AvgIpc) is 3.17. The van der Waals surface area contributed by atoms with Crippen molar-refractivity contribution in [3.63, 3.8) is 0 Å². The molecule has 0 radical (unpaired) electrons. The van der Waals surface area contributed by atoms with E-state index in [2.05, 4.69) is 15.4 Å². The van der Waals surface area contributed by atoms with Crippen LogP contribution in [0.5, 0.6) is 0 Å². The summed E-state index contributed by atoms with van der Waals surface area (Å²) in [6, 6.07) is 0.547. The lowest BCUT2D eigenvalue weighted by atomic mass is 9.88.